The monoisotopic (exact) mass is 452 g/mol. The predicted molar refractivity (Wildman–Crippen MR) is 125 cm³/mol. The molecule has 0 aliphatic heterocycles. The lowest BCUT2D eigenvalue weighted by Gasteiger charge is -2.20. The van der Waals surface area contributed by atoms with E-state index < -0.39 is 10.0 Å². The Bertz CT molecular complexity index is 1060. The van der Waals surface area contributed by atoms with Gasteiger partial charge in [-0.15, -0.1) is 0 Å². The number of benzene rings is 3. The second kappa shape index (κ2) is 10.9. The summed E-state index contributed by atoms with van der Waals surface area (Å²) in [5.74, 6) is 0.346. The van der Waals surface area contributed by atoms with E-state index in [9.17, 15) is 13.2 Å². The molecular weight excluding hydrogens is 424 g/mol. The summed E-state index contributed by atoms with van der Waals surface area (Å²) < 4.78 is 32.7. The largest absolute Gasteiger partial charge is 0.484 e. The first-order chi connectivity index (χ1) is 15.3. The highest BCUT2D eigenvalue weighted by molar-refractivity contribution is 7.89. The van der Waals surface area contributed by atoms with Gasteiger partial charge in [0.15, 0.2) is 6.61 Å². The number of hydrogen-bond donors (Lipinski definition) is 2. The van der Waals surface area contributed by atoms with Crippen LogP contribution in [-0.2, 0) is 14.8 Å². The van der Waals surface area contributed by atoms with Crippen LogP contribution in [0.1, 0.15) is 31.0 Å². The van der Waals surface area contributed by atoms with Crippen molar-refractivity contribution >= 4 is 15.9 Å². The Hall–Kier alpha value is -3.16. The molecular formula is C25H28N2O4S. The molecule has 0 heterocycles. The van der Waals surface area contributed by atoms with E-state index in [0.717, 1.165) is 11.1 Å². The van der Waals surface area contributed by atoms with Crippen LogP contribution in [0.3, 0.4) is 0 Å². The Balaban J connectivity index is 1.62. The maximum Gasteiger partial charge on any atom is 0.258 e. The third-order valence-electron chi connectivity index (χ3n) is 4.76. The Morgan fingerprint density at radius 2 is 1.38 bits per heavy atom. The molecule has 32 heavy (non-hydrogen) atoms. The van der Waals surface area contributed by atoms with Gasteiger partial charge in [0, 0.05) is 6.54 Å². The summed E-state index contributed by atoms with van der Waals surface area (Å²) in [6.07, 6.45) is 0. The van der Waals surface area contributed by atoms with Gasteiger partial charge in [0.2, 0.25) is 10.0 Å². The summed E-state index contributed by atoms with van der Waals surface area (Å²) in [7, 11) is -3.57. The zero-order valence-corrected chi connectivity index (χ0v) is 19.0. The van der Waals surface area contributed by atoms with Gasteiger partial charge in [-0.3, -0.25) is 4.79 Å². The smallest absolute Gasteiger partial charge is 0.258 e. The van der Waals surface area contributed by atoms with Gasteiger partial charge in [-0.2, -0.15) is 0 Å². The number of carbonyl (C=O) groups is 1. The Labute approximate surface area is 189 Å². The van der Waals surface area contributed by atoms with Crippen LogP contribution < -0.4 is 14.8 Å². The normalized spacial score (nSPS) is 11.5. The van der Waals surface area contributed by atoms with Crippen LogP contribution in [0.15, 0.2) is 89.8 Å². The molecule has 3 aromatic rings. The van der Waals surface area contributed by atoms with Crippen molar-refractivity contribution in [2.75, 3.05) is 13.2 Å². The minimum atomic E-state index is -3.57. The lowest BCUT2D eigenvalue weighted by Crippen LogP contribution is -2.33. The molecule has 0 aliphatic carbocycles. The van der Waals surface area contributed by atoms with Gasteiger partial charge in [0.1, 0.15) is 5.75 Å². The Morgan fingerprint density at radius 1 is 0.844 bits per heavy atom. The van der Waals surface area contributed by atoms with E-state index >= 15 is 0 Å². The van der Waals surface area contributed by atoms with Crippen LogP contribution in [0.25, 0.3) is 0 Å². The zero-order valence-electron chi connectivity index (χ0n) is 18.2. The van der Waals surface area contributed by atoms with Crippen LogP contribution in [0.4, 0.5) is 0 Å². The summed E-state index contributed by atoms with van der Waals surface area (Å²) >= 11 is 0. The van der Waals surface area contributed by atoms with Crippen molar-refractivity contribution in [2.24, 2.45) is 5.92 Å². The summed E-state index contributed by atoms with van der Waals surface area (Å²) in [5.41, 5.74) is 1.94. The molecule has 1 amide bonds. The van der Waals surface area contributed by atoms with Crippen LogP contribution in [0.5, 0.6) is 5.75 Å². The molecule has 0 bridgehead atoms. The van der Waals surface area contributed by atoms with Crippen molar-refractivity contribution in [3.05, 3.63) is 96.1 Å². The van der Waals surface area contributed by atoms with Gasteiger partial charge < -0.3 is 10.1 Å². The van der Waals surface area contributed by atoms with Crippen molar-refractivity contribution in [1.82, 2.24) is 10.0 Å². The number of amides is 1. The SMILES string of the molecule is CC(C)CNS(=O)(=O)c1ccc(OCC(=O)NC(c2ccccc2)c2ccccc2)cc1. The molecule has 7 heteroatoms. The first-order valence-corrected chi connectivity index (χ1v) is 12.0. The standard InChI is InChI=1S/C25H28N2O4S/c1-19(2)17-26-32(29,30)23-15-13-22(14-16-23)31-18-24(28)27-25(20-9-5-3-6-10-20)21-11-7-4-8-12-21/h3-16,19,25-26H,17-18H2,1-2H3,(H,27,28). The second-order valence-corrected chi connectivity index (χ2v) is 9.59. The fourth-order valence-electron chi connectivity index (χ4n) is 3.08. The molecule has 3 aromatic carbocycles. The van der Waals surface area contributed by atoms with Crippen LogP contribution in [0.2, 0.25) is 0 Å². The molecule has 0 saturated carbocycles. The highest BCUT2D eigenvalue weighted by atomic mass is 32.2. The van der Waals surface area contributed by atoms with Gasteiger partial charge >= 0.3 is 0 Å². The molecule has 6 nitrogen and oxygen atoms in total. The maximum atomic E-state index is 12.6. The number of rotatable bonds is 10. The number of carbonyl (C=O) groups excluding carboxylic acids is 1. The van der Waals surface area contributed by atoms with Gasteiger partial charge in [0.25, 0.3) is 5.91 Å². The van der Waals surface area contributed by atoms with E-state index in [-0.39, 0.29) is 29.4 Å². The molecule has 0 radical (unpaired) electrons. The lowest BCUT2D eigenvalue weighted by molar-refractivity contribution is -0.123. The first kappa shape index (κ1) is 23.5. The number of ether oxygens (including phenoxy) is 1. The van der Waals surface area contributed by atoms with Gasteiger partial charge in [-0.25, -0.2) is 13.1 Å². The van der Waals surface area contributed by atoms with Gasteiger partial charge in [0.05, 0.1) is 10.9 Å². The van der Waals surface area contributed by atoms with E-state index in [1.807, 2.05) is 74.5 Å². The minimum Gasteiger partial charge on any atom is -0.484 e. The molecule has 0 fully saturated rings. The zero-order chi connectivity index (χ0) is 23.0. The Kier molecular flexibility index (Phi) is 8.03. The Morgan fingerprint density at radius 3 is 1.88 bits per heavy atom. The van der Waals surface area contributed by atoms with E-state index in [4.69, 9.17) is 4.74 Å². The summed E-state index contributed by atoms with van der Waals surface area (Å²) in [5, 5.41) is 3.01. The second-order valence-electron chi connectivity index (χ2n) is 7.83. The van der Waals surface area contributed by atoms with Crippen molar-refractivity contribution in [2.45, 2.75) is 24.8 Å². The topological polar surface area (TPSA) is 84.5 Å². The lowest BCUT2D eigenvalue weighted by atomic mass is 9.99. The van der Waals surface area contributed by atoms with Gasteiger partial charge in [-0.1, -0.05) is 74.5 Å². The average Bonchev–Trinajstić information content (AvgIpc) is 2.81. The summed E-state index contributed by atoms with van der Waals surface area (Å²) in [6.45, 7) is 4.05. The highest BCUT2D eigenvalue weighted by Gasteiger charge is 2.17. The summed E-state index contributed by atoms with van der Waals surface area (Å²) in [4.78, 5) is 12.8. The van der Waals surface area contributed by atoms with Crippen molar-refractivity contribution in [3.63, 3.8) is 0 Å². The van der Waals surface area contributed by atoms with Crippen molar-refractivity contribution < 1.29 is 17.9 Å². The van der Waals surface area contributed by atoms with E-state index in [0.29, 0.717) is 12.3 Å². The quantitative estimate of drug-likeness (QED) is 0.489. The average molecular weight is 453 g/mol. The molecule has 0 aromatic heterocycles. The fraction of sp³-hybridized carbons (Fsp3) is 0.240. The number of sulfonamides is 1. The van der Waals surface area contributed by atoms with Gasteiger partial charge in [-0.05, 0) is 41.3 Å². The molecule has 0 unspecified atom stereocenters. The summed E-state index contributed by atoms with van der Waals surface area (Å²) in [6, 6.07) is 25.2. The minimum absolute atomic E-state index is 0.156. The molecule has 0 spiro atoms. The highest BCUT2D eigenvalue weighted by Crippen LogP contribution is 2.22. The molecule has 2 N–H and O–H groups in total. The molecule has 3 rings (SSSR count). The van der Waals surface area contributed by atoms with E-state index in [2.05, 4.69) is 10.0 Å². The molecule has 0 aliphatic rings. The predicted octanol–water partition coefficient (Wildman–Crippen LogP) is 3.91. The number of hydrogen-bond acceptors (Lipinski definition) is 4. The molecule has 0 saturated heterocycles. The third kappa shape index (κ3) is 6.67. The van der Waals surface area contributed by atoms with Crippen molar-refractivity contribution in [3.8, 4) is 5.75 Å². The molecule has 0 atom stereocenters. The maximum absolute atomic E-state index is 12.6. The first-order valence-electron chi connectivity index (χ1n) is 10.5. The number of nitrogens with one attached hydrogen (secondary N) is 2. The van der Waals surface area contributed by atoms with E-state index in [1.54, 1.807) is 12.1 Å². The molecule has 168 valence electrons. The third-order valence-corrected chi connectivity index (χ3v) is 6.20. The van der Waals surface area contributed by atoms with Crippen LogP contribution >= 0.6 is 0 Å². The van der Waals surface area contributed by atoms with E-state index in [1.165, 1.54) is 12.1 Å². The fourth-order valence-corrected chi connectivity index (χ4v) is 4.29. The van der Waals surface area contributed by atoms with Crippen LogP contribution in [0, 0.1) is 5.92 Å². The van der Waals surface area contributed by atoms with Crippen LogP contribution in [-0.4, -0.2) is 27.5 Å². The van der Waals surface area contributed by atoms with Crippen molar-refractivity contribution in [1.29, 1.82) is 0 Å².